The van der Waals surface area contributed by atoms with Crippen LogP contribution in [0.1, 0.15) is 38.6 Å². The summed E-state index contributed by atoms with van der Waals surface area (Å²) in [5, 5.41) is 0. The first-order chi connectivity index (χ1) is 15.8. The summed E-state index contributed by atoms with van der Waals surface area (Å²) in [5.41, 5.74) is 22.4. The van der Waals surface area contributed by atoms with Gasteiger partial charge in [0.25, 0.3) is 0 Å². The number of nitrogen functional groups attached to an aromatic ring is 1. The molecule has 178 valence electrons. The molecule has 0 fully saturated rings. The molecule has 1 aliphatic heterocycles. The van der Waals surface area contributed by atoms with E-state index in [1.54, 1.807) is 0 Å². The molecule has 4 rings (SSSR count). The lowest BCUT2D eigenvalue weighted by molar-refractivity contribution is -0.218. The summed E-state index contributed by atoms with van der Waals surface area (Å²) in [5.74, 6) is -12.6. The van der Waals surface area contributed by atoms with E-state index >= 15 is 0 Å². The number of aromatic nitrogens is 2. The number of hydrogen-bond acceptors (Lipinski definition) is 6. The second-order valence-electron chi connectivity index (χ2n) is 7.96. The Hall–Kier alpha value is -4.16. The predicted molar refractivity (Wildman–Crippen MR) is 116 cm³/mol. The third kappa shape index (κ3) is 3.78. The Balaban J connectivity index is 1.62. The van der Waals surface area contributed by atoms with Crippen LogP contribution in [0, 0.1) is 0 Å². The molecule has 34 heavy (non-hydrogen) atoms. The van der Waals surface area contributed by atoms with Gasteiger partial charge in [-0.3, -0.25) is 9.59 Å². The number of aliphatic imine (C=N–C) groups is 1. The molecule has 8 N–H and O–H groups in total. The van der Waals surface area contributed by atoms with E-state index in [9.17, 15) is 27.2 Å². The number of hydrogen-bond donors (Lipinski definition) is 4. The molecule has 2 amide bonds. The summed E-state index contributed by atoms with van der Waals surface area (Å²) >= 11 is 0. The first-order valence-corrected chi connectivity index (χ1v) is 9.90. The van der Waals surface area contributed by atoms with Crippen LogP contribution in [0.25, 0.3) is 11.0 Å². The number of alkyl halides is 4. The van der Waals surface area contributed by atoms with E-state index in [1.165, 1.54) is 36.4 Å². The van der Waals surface area contributed by atoms with Crippen LogP contribution < -0.4 is 22.9 Å². The van der Waals surface area contributed by atoms with Crippen LogP contribution in [0.15, 0.2) is 41.4 Å². The Morgan fingerprint density at radius 1 is 0.941 bits per heavy atom. The van der Waals surface area contributed by atoms with Crippen molar-refractivity contribution in [3.63, 3.8) is 0 Å². The molecule has 13 heteroatoms. The van der Waals surface area contributed by atoms with Crippen molar-refractivity contribution in [2.24, 2.45) is 22.2 Å². The summed E-state index contributed by atoms with van der Waals surface area (Å²) in [6, 6.07) is 7.60. The van der Waals surface area contributed by atoms with Crippen molar-refractivity contribution in [2.75, 3.05) is 5.73 Å². The first-order valence-electron chi connectivity index (χ1n) is 9.90. The molecule has 2 aromatic carbocycles. The van der Waals surface area contributed by atoms with E-state index in [2.05, 4.69) is 9.98 Å². The van der Waals surface area contributed by atoms with Crippen LogP contribution in [0.3, 0.4) is 0 Å². The summed E-state index contributed by atoms with van der Waals surface area (Å²) in [6.07, 6.45) is -1.34. The highest BCUT2D eigenvalue weighted by molar-refractivity contribution is 5.99. The number of anilines is 1. The Morgan fingerprint density at radius 3 is 2.21 bits per heavy atom. The fourth-order valence-electron chi connectivity index (χ4n) is 3.87. The number of fused-ring (bicyclic) bond motifs is 2. The largest absolute Gasteiger partial charge is 0.387 e. The lowest BCUT2D eigenvalue weighted by Gasteiger charge is -2.29. The van der Waals surface area contributed by atoms with E-state index in [4.69, 9.17) is 22.9 Å². The van der Waals surface area contributed by atoms with Crippen molar-refractivity contribution in [3.05, 3.63) is 53.1 Å². The van der Waals surface area contributed by atoms with Gasteiger partial charge in [0.2, 0.25) is 17.8 Å². The van der Waals surface area contributed by atoms with Crippen molar-refractivity contribution in [2.45, 2.75) is 30.7 Å². The monoisotopic (exact) mass is 477 g/mol. The molecule has 0 bridgehead atoms. The number of nitrogens with two attached hydrogens (primary N) is 4. The third-order valence-electron chi connectivity index (χ3n) is 5.71. The Morgan fingerprint density at radius 2 is 1.56 bits per heavy atom. The van der Waals surface area contributed by atoms with E-state index in [0.717, 1.165) is 4.57 Å². The molecule has 2 heterocycles. The molecule has 1 aliphatic rings. The zero-order chi connectivity index (χ0) is 25.0. The summed E-state index contributed by atoms with van der Waals surface area (Å²) in [7, 11) is 0. The minimum Gasteiger partial charge on any atom is -0.387 e. The fourth-order valence-corrected chi connectivity index (χ4v) is 3.87. The highest BCUT2D eigenvalue weighted by atomic mass is 19.3. The highest BCUT2D eigenvalue weighted by Crippen LogP contribution is 2.46. The lowest BCUT2D eigenvalue weighted by Crippen LogP contribution is -2.46. The molecule has 9 nitrogen and oxygen atoms in total. The molecule has 1 atom stereocenters. The molecule has 0 aliphatic carbocycles. The maximum atomic E-state index is 15.0. The number of amides is 2. The van der Waals surface area contributed by atoms with Crippen molar-refractivity contribution >= 4 is 40.3 Å². The van der Waals surface area contributed by atoms with Crippen molar-refractivity contribution < 1.29 is 27.2 Å². The number of rotatable bonds is 7. The molecule has 3 aromatic rings. The van der Waals surface area contributed by atoms with Crippen LogP contribution in [-0.2, 0) is 6.54 Å². The van der Waals surface area contributed by atoms with Crippen LogP contribution in [0.2, 0.25) is 0 Å². The highest BCUT2D eigenvalue weighted by Gasteiger charge is 2.58. The predicted octanol–water partition coefficient (Wildman–Crippen LogP) is 2.26. The van der Waals surface area contributed by atoms with Gasteiger partial charge in [-0.1, -0.05) is 6.07 Å². The Labute approximate surface area is 189 Å². The first kappa shape index (κ1) is 23.0. The zero-order valence-electron chi connectivity index (χ0n) is 17.4. The average molecular weight is 477 g/mol. The van der Waals surface area contributed by atoms with Gasteiger partial charge in [-0.05, 0) is 35.9 Å². The fraction of sp³-hybridized carbons (Fsp3) is 0.238. The topological polar surface area (TPSA) is 168 Å². The molecule has 0 saturated carbocycles. The van der Waals surface area contributed by atoms with Gasteiger partial charge in [0.15, 0.2) is 0 Å². The number of carbonyl (C=O) groups excluding carboxylic acids is 2. The van der Waals surface area contributed by atoms with Gasteiger partial charge in [-0.2, -0.15) is 17.6 Å². The molecular weight excluding hydrogens is 458 g/mol. The lowest BCUT2D eigenvalue weighted by atomic mass is 9.90. The summed E-state index contributed by atoms with van der Waals surface area (Å²) < 4.78 is 60.5. The summed E-state index contributed by atoms with van der Waals surface area (Å²) in [6.45, 7) is -1.48. The number of halogens is 4. The number of carbonyl (C=O) groups is 2. The van der Waals surface area contributed by atoms with Gasteiger partial charge >= 0.3 is 11.8 Å². The van der Waals surface area contributed by atoms with Crippen molar-refractivity contribution in [1.29, 1.82) is 0 Å². The number of nitrogens with zero attached hydrogens (tertiary/aromatic N) is 3. The van der Waals surface area contributed by atoms with Crippen molar-refractivity contribution in [3.8, 4) is 0 Å². The Bertz CT molecular complexity index is 1370. The minimum absolute atomic E-state index is 0.0317. The quantitative estimate of drug-likeness (QED) is 0.382. The number of primary amides is 2. The van der Waals surface area contributed by atoms with E-state index in [-0.39, 0.29) is 39.2 Å². The standard InChI is InChI=1S/C21H19F4N7O2/c22-20(23,7-12-11-3-1-9(17(27)33)5-13(11)30-16(12)26)21(24,25)8-32-15-4-2-10(18(28)34)6-14(15)31-19(32)29/h1-6,12H,7-8H2,(H2,26,30)(H2,27,33)(H2,28,34)(H2,29,31). The minimum atomic E-state index is -4.56. The zero-order valence-corrected chi connectivity index (χ0v) is 17.4. The van der Waals surface area contributed by atoms with Crippen LogP contribution in [0.5, 0.6) is 0 Å². The van der Waals surface area contributed by atoms with Gasteiger partial charge in [0.1, 0.15) is 5.84 Å². The van der Waals surface area contributed by atoms with E-state index in [0.29, 0.717) is 0 Å². The summed E-state index contributed by atoms with van der Waals surface area (Å²) in [4.78, 5) is 30.5. The SMILES string of the molecule is NC(=O)c1ccc2c(c1)N=C(N)C2CC(F)(F)C(F)(F)Cn1c(N)nc2cc(C(N)=O)ccc21. The van der Waals surface area contributed by atoms with Crippen LogP contribution in [0.4, 0.5) is 29.2 Å². The molecule has 1 aromatic heterocycles. The molecule has 0 spiro atoms. The third-order valence-corrected chi connectivity index (χ3v) is 5.71. The van der Waals surface area contributed by atoms with Crippen molar-refractivity contribution in [1.82, 2.24) is 9.55 Å². The van der Waals surface area contributed by atoms with Gasteiger partial charge in [-0.15, -0.1) is 0 Å². The number of imidazole rings is 1. The van der Waals surface area contributed by atoms with Gasteiger partial charge in [0, 0.05) is 23.5 Å². The number of benzene rings is 2. The van der Waals surface area contributed by atoms with Crippen LogP contribution >= 0.6 is 0 Å². The normalized spacial score (nSPS) is 15.9. The second kappa shape index (κ2) is 7.71. The molecule has 0 saturated heterocycles. The van der Waals surface area contributed by atoms with Gasteiger partial charge < -0.3 is 27.5 Å². The Kier molecular flexibility index (Phi) is 5.22. The number of amidine groups is 1. The maximum Gasteiger partial charge on any atom is 0.327 e. The van der Waals surface area contributed by atoms with E-state index in [1.807, 2.05) is 0 Å². The van der Waals surface area contributed by atoms with E-state index < -0.39 is 48.5 Å². The second-order valence-corrected chi connectivity index (χ2v) is 7.96. The average Bonchev–Trinajstić information content (AvgIpc) is 3.22. The molecule has 1 unspecified atom stereocenters. The van der Waals surface area contributed by atoms with Crippen LogP contribution in [-0.4, -0.2) is 39.0 Å². The molecular formula is C21H19F4N7O2. The smallest absolute Gasteiger partial charge is 0.327 e. The maximum absolute atomic E-state index is 15.0. The molecule has 0 radical (unpaired) electrons. The van der Waals surface area contributed by atoms with Gasteiger partial charge in [0.05, 0.1) is 23.3 Å². The van der Waals surface area contributed by atoms with Gasteiger partial charge in [-0.25, -0.2) is 9.98 Å².